The van der Waals surface area contributed by atoms with Crippen molar-refractivity contribution >= 4 is 11.9 Å². The lowest BCUT2D eigenvalue weighted by atomic mass is 10.1. The quantitative estimate of drug-likeness (QED) is 0.479. The van der Waals surface area contributed by atoms with Crippen LogP contribution in [0.4, 0.5) is 0 Å². The smallest absolute Gasteiger partial charge is 0.337 e. The molecule has 2 aliphatic rings. The Kier molecular flexibility index (Phi) is 7.39. The molecule has 0 radical (unpaired) electrons. The van der Waals surface area contributed by atoms with Crippen molar-refractivity contribution < 1.29 is 14.3 Å². The molecule has 0 bridgehead atoms. The molecule has 5 rings (SSSR count). The molecule has 0 unspecified atom stereocenters. The average molecular weight is 485 g/mol. The zero-order valence-electron chi connectivity index (χ0n) is 20.5. The molecule has 1 saturated heterocycles. The first-order chi connectivity index (χ1) is 17.6. The average Bonchev–Trinajstić information content (AvgIpc) is 3.55. The van der Waals surface area contributed by atoms with Crippen LogP contribution in [-0.4, -0.2) is 53.5 Å². The first-order valence-corrected chi connectivity index (χ1v) is 12.5. The maximum absolute atomic E-state index is 13.4. The van der Waals surface area contributed by atoms with Crippen LogP contribution in [0.25, 0.3) is 0 Å². The second-order valence-electron chi connectivity index (χ2n) is 9.62. The Bertz CT molecular complexity index is 1170. The molecule has 2 aromatic carbocycles. The Morgan fingerprint density at radius 2 is 1.72 bits per heavy atom. The molecular weight excluding hydrogens is 452 g/mol. The molecule has 7 nitrogen and oxygen atoms in total. The van der Waals surface area contributed by atoms with Gasteiger partial charge >= 0.3 is 5.97 Å². The molecule has 1 aromatic heterocycles. The fourth-order valence-electron chi connectivity index (χ4n) is 5.39. The predicted octanol–water partition coefficient (Wildman–Crippen LogP) is 2.88. The Labute approximate surface area is 211 Å². The van der Waals surface area contributed by atoms with Gasteiger partial charge in [-0.3, -0.25) is 14.7 Å². The van der Waals surface area contributed by atoms with Gasteiger partial charge in [0.05, 0.1) is 18.7 Å². The number of nitrogens with one attached hydrogen (secondary N) is 2. The number of esters is 1. The topological polar surface area (TPSA) is 83.6 Å². The molecular formula is C29H32N4O3. The van der Waals surface area contributed by atoms with Gasteiger partial charge in [-0.05, 0) is 59.7 Å². The fourth-order valence-corrected chi connectivity index (χ4v) is 5.39. The van der Waals surface area contributed by atoms with Gasteiger partial charge in [-0.25, -0.2) is 4.79 Å². The number of carbonyl (C=O) groups excluding carboxylic acids is 2. The summed E-state index contributed by atoms with van der Waals surface area (Å²) in [7, 11) is 1.38. The molecule has 36 heavy (non-hydrogen) atoms. The molecule has 2 heterocycles. The third-order valence-electron chi connectivity index (χ3n) is 7.30. The highest BCUT2D eigenvalue weighted by molar-refractivity contribution is 5.89. The van der Waals surface area contributed by atoms with Gasteiger partial charge in [-0.2, -0.15) is 0 Å². The van der Waals surface area contributed by atoms with Gasteiger partial charge in [0.1, 0.15) is 0 Å². The van der Waals surface area contributed by atoms with Crippen LogP contribution in [0.5, 0.6) is 0 Å². The Morgan fingerprint density at radius 1 is 0.972 bits per heavy atom. The zero-order chi connectivity index (χ0) is 24.9. The van der Waals surface area contributed by atoms with Crippen molar-refractivity contribution in [3.8, 4) is 0 Å². The third kappa shape index (κ3) is 5.48. The number of hydrogen-bond acceptors (Lipinski definition) is 6. The maximum atomic E-state index is 13.4. The van der Waals surface area contributed by atoms with Crippen molar-refractivity contribution in [2.75, 3.05) is 13.7 Å². The number of carbonyl (C=O) groups is 2. The molecule has 3 aromatic rings. The largest absolute Gasteiger partial charge is 0.465 e. The lowest BCUT2D eigenvalue weighted by Crippen LogP contribution is -2.48. The summed E-state index contributed by atoms with van der Waals surface area (Å²) in [5, 5.41) is 6.79. The third-order valence-corrected chi connectivity index (χ3v) is 7.30. The SMILES string of the molecule is COC(=O)c1ccc(CN[C@H]2C[C@@H](C(=O)NCc3cccnc3)N(C3Cc4ccccc4C3)C2)cc1. The normalized spacial score (nSPS) is 19.7. The zero-order valence-corrected chi connectivity index (χ0v) is 20.5. The Balaban J connectivity index is 1.25. The summed E-state index contributed by atoms with van der Waals surface area (Å²) >= 11 is 0. The maximum Gasteiger partial charge on any atom is 0.337 e. The minimum atomic E-state index is -0.335. The molecule has 1 aliphatic carbocycles. The molecule has 0 spiro atoms. The molecule has 1 amide bonds. The van der Waals surface area contributed by atoms with Gasteiger partial charge in [0, 0.05) is 44.1 Å². The number of fused-ring (bicyclic) bond motifs is 1. The van der Waals surface area contributed by atoms with E-state index in [-0.39, 0.29) is 24.0 Å². The second-order valence-corrected chi connectivity index (χ2v) is 9.62. The fraction of sp³-hybridized carbons (Fsp3) is 0.345. The highest BCUT2D eigenvalue weighted by atomic mass is 16.5. The van der Waals surface area contributed by atoms with Gasteiger partial charge < -0.3 is 15.4 Å². The summed E-state index contributed by atoms with van der Waals surface area (Å²) in [5.74, 6) is -0.264. The van der Waals surface area contributed by atoms with Crippen LogP contribution in [0.15, 0.2) is 73.1 Å². The van der Waals surface area contributed by atoms with Crippen molar-refractivity contribution in [1.82, 2.24) is 20.5 Å². The molecule has 2 atom stereocenters. The van der Waals surface area contributed by atoms with Crippen LogP contribution in [0, 0.1) is 0 Å². The standard InChI is InChI=1S/C29H32N4O3/c1-36-29(35)22-10-8-20(9-11-22)17-31-25-15-27(28(34)32-18-21-5-4-12-30-16-21)33(19-25)26-13-23-6-2-3-7-24(23)14-26/h2-12,16,25-27,31H,13-15,17-19H2,1H3,(H,32,34)/t25-,27-/m0/s1. The number of hydrogen-bond donors (Lipinski definition) is 2. The van der Waals surface area contributed by atoms with Crippen molar-refractivity contribution in [2.24, 2.45) is 0 Å². The number of nitrogens with zero attached hydrogens (tertiary/aromatic N) is 2. The number of benzene rings is 2. The van der Waals surface area contributed by atoms with E-state index in [1.54, 1.807) is 24.5 Å². The van der Waals surface area contributed by atoms with Crippen LogP contribution in [-0.2, 0) is 35.5 Å². The number of rotatable bonds is 8. The molecule has 7 heteroatoms. The van der Waals surface area contributed by atoms with E-state index in [9.17, 15) is 9.59 Å². The van der Waals surface area contributed by atoms with Crippen LogP contribution in [0.1, 0.15) is 39.0 Å². The first-order valence-electron chi connectivity index (χ1n) is 12.5. The van der Waals surface area contributed by atoms with Crippen molar-refractivity contribution in [3.63, 3.8) is 0 Å². The number of ether oxygens (including phenoxy) is 1. The summed E-state index contributed by atoms with van der Waals surface area (Å²) in [6.07, 6.45) is 6.23. The van der Waals surface area contributed by atoms with Crippen LogP contribution < -0.4 is 10.6 Å². The molecule has 0 saturated carbocycles. The number of aromatic nitrogens is 1. The minimum Gasteiger partial charge on any atom is -0.465 e. The summed E-state index contributed by atoms with van der Waals surface area (Å²) in [6.45, 7) is 1.98. The number of methoxy groups -OCH3 is 1. The first kappa shape index (κ1) is 24.2. The highest BCUT2D eigenvalue weighted by Crippen LogP contribution is 2.31. The molecule has 2 N–H and O–H groups in total. The molecule has 1 fully saturated rings. The van der Waals surface area contributed by atoms with Gasteiger partial charge in [0.2, 0.25) is 5.91 Å². The minimum absolute atomic E-state index is 0.0709. The molecule has 186 valence electrons. The van der Waals surface area contributed by atoms with E-state index >= 15 is 0 Å². The van der Waals surface area contributed by atoms with E-state index < -0.39 is 0 Å². The van der Waals surface area contributed by atoms with Gasteiger partial charge in [0.15, 0.2) is 0 Å². The summed E-state index contributed by atoms with van der Waals surface area (Å²) in [4.78, 5) is 31.6. The summed E-state index contributed by atoms with van der Waals surface area (Å²) < 4.78 is 4.78. The van der Waals surface area contributed by atoms with Crippen LogP contribution in [0.2, 0.25) is 0 Å². The van der Waals surface area contributed by atoms with Gasteiger partial charge in [-0.1, -0.05) is 42.5 Å². The predicted molar refractivity (Wildman–Crippen MR) is 137 cm³/mol. The van der Waals surface area contributed by atoms with Crippen LogP contribution in [0.3, 0.4) is 0 Å². The lowest BCUT2D eigenvalue weighted by molar-refractivity contribution is -0.126. The van der Waals surface area contributed by atoms with Crippen molar-refractivity contribution in [1.29, 1.82) is 0 Å². The van der Waals surface area contributed by atoms with E-state index in [0.717, 1.165) is 36.9 Å². The monoisotopic (exact) mass is 484 g/mol. The highest BCUT2D eigenvalue weighted by Gasteiger charge is 2.41. The number of amides is 1. The lowest BCUT2D eigenvalue weighted by Gasteiger charge is -2.29. The molecule has 1 aliphatic heterocycles. The van der Waals surface area contributed by atoms with E-state index in [2.05, 4.69) is 44.8 Å². The van der Waals surface area contributed by atoms with E-state index in [1.165, 1.54) is 18.2 Å². The number of likely N-dealkylation sites (tertiary alicyclic amines) is 1. The second kappa shape index (κ2) is 11.0. The summed E-state index contributed by atoms with van der Waals surface area (Å²) in [5.41, 5.74) is 5.40. The van der Waals surface area contributed by atoms with E-state index in [4.69, 9.17) is 4.74 Å². The Hall–Kier alpha value is -3.55. The van der Waals surface area contributed by atoms with Gasteiger partial charge in [0.25, 0.3) is 0 Å². The number of pyridine rings is 1. The van der Waals surface area contributed by atoms with Gasteiger partial charge in [-0.15, -0.1) is 0 Å². The van der Waals surface area contributed by atoms with E-state index in [1.807, 2.05) is 24.3 Å². The Morgan fingerprint density at radius 3 is 2.39 bits per heavy atom. The van der Waals surface area contributed by atoms with Crippen molar-refractivity contribution in [3.05, 3.63) is 101 Å². The van der Waals surface area contributed by atoms with Crippen LogP contribution >= 0.6 is 0 Å². The van der Waals surface area contributed by atoms with Crippen molar-refractivity contribution in [2.45, 2.75) is 50.5 Å². The van der Waals surface area contributed by atoms with E-state index in [0.29, 0.717) is 24.7 Å². The summed E-state index contributed by atoms with van der Waals surface area (Å²) in [6, 6.07) is 20.3.